The molecule has 0 aliphatic heterocycles. The van der Waals surface area contributed by atoms with Gasteiger partial charge in [-0.05, 0) is 89.9 Å². The Morgan fingerprint density at radius 3 is 0.915 bits per heavy atom. The molecule has 0 amide bonds. The van der Waals surface area contributed by atoms with E-state index >= 15 is 0 Å². The van der Waals surface area contributed by atoms with Crippen molar-refractivity contribution in [2.24, 2.45) is 0 Å². The van der Waals surface area contributed by atoms with Gasteiger partial charge in [-0.15, -0.1) is 0 Å². The third-order valence-corrected chi connectivity index (χ3v) is 11.1. The summed E-state index contributed by atoms with van der Waals surface area (Å²) in [6.45, 7) is 6.58. The van der Waals surface area contributed by atoms with Crippen LogP contribution < -0.4 is 0 Å². The summed E-state index contributed by atoms with van der Waals surface area (Å²) in [6.07, 6.45) is 55.5. The van der Waals surface area contributed by atoms with Crippen LogP contribution in [0.5, 0.6) is 0 Å². The standard InChI is InChI=1S/C53H96O6/c1-4-7-10-13-16-19-22-24-26-28-31-34-37-40-43-46-52(55)58-49-50(48-57-51(54)45-42-39-36-33-30-21-18-15-12-9-6-3)59-53(56)47-44-41-38-35-32-29-27-25-23-20-17-14-11-8-5-2/h15,18,20,23-24,26,50H,4-14,16-17,19,21-22,25,27-49H2,1-3H3/b18-15-,23-20-,26-24-/t50-/m0/s1. The number of hydrogen-bond acceptors (Lipinski definition) is 6. The summed E-state index contributed by atoms with van der Waals surface area (Å²) in [7, 11) is 0. The molecule has 0 fully saturated rings. The maximum Gasteiger partial charge on any atom is 0.306 e. The Kier molecular flexibility index (Phi) is 46.4. The molecule has 344 valence electrons. The normalized spacial score (nSPS) is 12.3. The number of esters is 3. The zero-order valence-corrected chi connectivity index (χ0v) is 39.3. The van der Waals surface area contributed by atoms with Crippen molar-refractivity contribution in [3.05, 3.63) is 36.5 Å². The van der Waals surface area contributed by atoms with Gasteiger partial charge in [-0.1, -0.05) is 192 Å². The summed E-state index contributed by atoms with van der Waals surface area (Å²) < 4.78 is 16.8. The van der Waals surface area contributed by atoms with Gasteiger partial charge in [0.2, 0.25) is 0 Å². The Morgan fingerprint density at radius 1 is 0.322 bits per heavy atom. The highest BCUT2D eigenvalue weighted by molar-refractivity contribution is 5.71. The fraction of sp³-hybridized carbons (Fsp3) is 0.830. The number of carbonyl (C=O) groups excluding carboxylic acids is 3. The van der Waals surface area contributed by atoms with Crippen molar-refractivity contribution in [2.75, 3.05) is 13.2 Å². The first-order valence-corrected chi connectivity index (χ1v) is 25.5. The van der Waals surface area contributed by atoms with E-state index in [0.29, 0.717) is 19.3 Å². The average Bonchev–Trinajstić information content (AvgIpc) is 3.23. The van der Waals surface area contributed by atoms with E-state index in [-0.39, 0.29) is 31.1 Å². The largest absolute Gasteiger partial charge is 0.462 e. The van der Waals surface area contributed by atoms with Crippen molar-refractivity contribution >= 4 is 17.9 Å². The van der Waals surface area contributed by atoms with Crippen LogP contribution in [0.1, 0.15) is 265 Å². The second kappa shape index (κ2) is 48.3. The molecule has 6 heteroatoms. The molecule has 0 saturated heterocycles. The summed E-state index contributed by atoms with van der Waals surface area (Å²) in [5.74, 6) is -0.895. The third-order valence-electron chi connectivity index (χ3n) is 11.1. The zero-order valence-electron chi connectivity index (χ0n) is 39.3. The lowest BCUT2D eigenvalue weighted by atomic mass is 10.1. The minimum Gasteiger partial charge on any atom is -0.462 e. The summed E-state index contributed by atoms with van der Waals surface area (Å²) in [5, 5.41) is 0. The maximum absolute atomic E-state index is 12.8. The van der Waals surface area contributed by atoms with Crippen LogP contribution in [0.15, 0.2) is 36.5 Å². The molecule has 0 saturated carbocycles. The fourth-order valence-corrected chi connectivity index (χ4v) is 7.18. The Balaban J connectivity index is 4.37. The van der Waals surface area contributed by atoms with Crippen LogP contribution >= 0.6 is 0 Å². The van der Waals surface area contributed by atoms with E-state index in [9.17, 15) is 14.4 Å². The summed E-state index contributed by atoms with van der Waals surface area (Å²) in [4.78, 5) is 37.9. The molecule has 0 bridgehead atoms. The second-order valence-electron chi connectivity index (χ2n) is 17.1. The summed E-state index contributed by atoms with van der Waals surface area (Å²) in [5.41, 5.74) is 0. The summed E-state index contributed by atoms with van der Waals surface area (Å²) in [6, 6.07) is 0. The van der Waals surface area contributed by atoms with E-state index in [0.717, 1.165) is 70.6 Å². The molecular weight excluding hydrogens is 733 g/mol. The number of unbranched alkanes of at least 4 members (excludes halogenated alkanes) is 29. The zero-order chi connectivity index (χ0) is 43.0. The predicted molar refractivity (Wildman–Crippen MR) is 252 cm³/mol. The second-order valence-corrected chi connectivity index (χ2v) is 17.1. The quantitative estimate of drug-likeness (QED) is 0.0263. The van der Waals surface area contributed by atoms with Crippen molar-refractivity contribution in [3.63, 3.8) is 0 Å². The molecule has 0 heterocycles. The topological polar surface area (TPSA) is 78.9 Å². The highest BCUT2D eigenvalue weighted by Crippen LogP contribution is 2.14. The highest BCUT2D eigenvalue weighted by atomic mass is 16.6. The van der Waals surface area contributed by atoms with E-state index in [1.165, 1.54) is 154 Å². The van der Waals surface area contributed by atoms with E-state index in [4.69, 9.17) is 14.2 Å². The number of allylic oxidation sites excluding steroid dienone is 6. The van der Waals surface area contributed by atoms with Gasteiger partial charge in [-0.2, -0.15) is 0 Å². The smallest absolute Gasteiger partial charge is 0.306 e. The summed E-state index contributed by atoms with van der Waals surface area (Å²) >= 11 is 0. The lowest BCUT2D eigenvalue weighted by Gasteiger charge is -2.18. The van der Waals surface area contributed by atoms with E-state index in [1.807, 2.05) is 0 Å². The first kappa shape index (κ1) is 56.6. The van der Waals surface area contributed by atoms with Gasteiger partial charge in [-0.3, -0.25) is 14.4 Å². The van der Waals surface area contributed by atoms with E-state index in [1.54, 1.807) is 0 Å². The number of ether oxygens (including phenoxy) is 3. The molecule has 0 rings (SSSR count). The molecule has 0 aromatic heterocycles. The molecular formula is C53H96O6. The molecule has 59 heavy (non-hydrogen) atoms. The number of carbonyl (C=O) groups is 3. The van der Waals surface area contributed by atoms with Crippen LogP contribution in [-0.2, 0) is 28.6 Å². The third kappa shape index (κ3) is 46.5. The van der Waals surface area contributed by atoms with E-state index in [2.05, 4.69) is 57.2 Å². The fourth-order valence-electron chi connectivity index (χ4n) is 7.18. The molecule has 0 N–H and O–H groups in total. The molecule has 0 spiro atoms. The molecule has 0 aromatic rings. The molecule has 0 aromatic carbocycles. The number of rotatable bonds is 46. The Morgan fingerprint density at radius 2 is 0.576 bits per heavy atom. The molecule has 0 radical (unpaired) electrons. The van der Waals surface area contributed by atoms with Gasteiger partial charge in [0.15, 0.2) is 6.10 Å². The van der Waals surface area contributed by atoms with E-state index < -0.39 is 6.10 Å². The van der Waals surface area contributed by atoms with Crippen LogP contribution in [0, 0.1) is 0 Å². The van der Waals surface area contributed by atoms with Crippen molar-refractivity contribution in [1.29, 1.82) is 0 Å². The minimum absolute atomic E-state index is 0.0795. The Hall–Kier alpha value is -2.37. The molecule has 0 aliphatic rings. The van der Waals surface area contributed by atoms with Crippen LogP contribution in [0.4, 0.5) is 0 Å². The van der Waals surface area contributed by atoms with Crippen molar-refractivity contribution in [3.8, 4) is 0 Å². The molecule has 1 atom stereocenters. The minimum atomic E-state index is -0.778. The van der Waals surface area contributed by atoms with Gasteiger partial charge < -0.3 is 14.2 Å². The van der Waals surface area contributed by atoms with Crippen LogP contribution in [0.3, 0.4) is 0 Å². The van der Waals surface area contributed by atoms with Gasteiger partial charge in [-0.25, -0.2) is 0 Å². The number of hydrogen-bond donors (Lipinski definition) is 0. The lowest BCUT2D eigenvalue weighted by molar-refractivity contribution is -0.167. The van der Waals surface area contributed by atoms with Gasteiger partial charge in [0, 0.05) is 19.3 Å². The highest BCUT2D eigenvalue weighted by Gasteiger charge is 2.19. The average molecular weight is 829 g/mol. The van der Waals surface area contributed by atoms with Crippen LogP contribution in [0.2, 0.25) is 0 Å². The molecule has 0 aliphatic carbocycles. The van der Waals surface area contributed by atoms with Gasteiger partial charge >= 0.3 is 17.9 Å². The van der Waals surface area contributed by atoms with Crippen LogP contribution in [0.25, 0.3) is 0 Å². The first-order valence-electron chi connectivity index (χ1n) is 25.5. The van der Waals surface area contributed by atoms with Gasteiger partial charge in [0.25, 0.3) is 0 Å². The SMILES string of the molecule is CCCC/C=C\CCCCCCCC(=O)OC[C@@H](COC(=O)CCCCCCC/C=C\CCCCCCCC)OC(=O)CCCCCCCCC/C=C\CCCCCC. The van der Waals surface area contributed by atoms with Gasteiger partial charge in [0.05, 0.1) is 0 Å². The van der Waals surface area contributed by atoms with Crippen molar-refractivity contribution in [1.82, 2.24) is 0 Å². The first-order chi connectivity index (χ1) is 29.0. The lowest BCUT2D eigenvalue weighted by Crippen LogP contribution is -2.30. The monoisotopic (exact) mass is 829 g/mol. The predicted octanol–water partition coefficient (Wildman–Crippen LogP) is 16.5. The Bertz CT molecular complexity index is 1000. The molecule has 0 unspecified atom stereocenters. The van der Waals surface area contributed by atoms with Gasteiger partial charge in [0.1, 0.15) is 13.2 Å². The maximum atomic E-state index is 12.8. The molecule has 6 nitrogen and oxygen atoms in total. The van der Waals surface area contributed by atoms with Crippen molar-refractivity contribution < 1.29 is 28.6 Å². The Labute approximate surface area is 365 Å². The van der Waals surface area contributed by atoms with Crippen molar-refractivity contribution in [2.45, 2.75) is 271 Å². The van der Waals surface area contributed by atoms with Crippen LogP contribution in [-0.4, -0.2) is 37.2 Å².